The van der Waals surface area contributed by atoms with Gasteiger partial charge in [0.05, 0.1) is 6.54 Å². The van der Waals surface area contributed by atoms with Gasteiger partial charge in [-0.15, -0.1) is 0 Å². The maximum absolute atomic E-state index is 12.0. The molecule has 0 bridgehead atoms. The van der Waals surface area contributed by atoms with E-state index in [0.717, 1.165) is 17.4 Å². The van der Waals surface area contributed by atoms with Crippen molar-refractivity contribution >= 4 is 23.8 Å². The number of hydrogen-bond acceptors (Lipinski definition) is 5. The average molecular weight is 355 g/mol. The minimum Gasteiger partial charge on any atom is -0.461 e. The van der Waals surface area contributed by atoms with Gasteiger partial charge in [0.1, 0.15) is 6.61 Å². The monoisotopic (exact) mass is 355 g/mol. The standard InChI is InChI=1S/C17H29N3O5/c1-6-14(22)25-12-10-19-16(24)20(13(3)21)11-8-9-18-15(23)17(4,5)7-2/h6H,1,7-12H2,2-5H3,(H,18,23)(H,19,24). The summed E-state index contributed by atoms with van der Waals surface area (Å²) >= 11 is 0. The van der Waals surface area contributed by atoms with Crippen molar-refractivity contribution in [1.29, 1.82) is 0 Å². The van der Waals surface area contributed by atoms with Gasteiger partial charge in [0.15, 0.2) is 0 Å². The summed E-state index contributed by atoms with van der Waals surface area (Å²) in [5.74, 6) is -1.04. The number of esters is 1. The van der Waals surface area contributed by atoms with Gasteiger partial charge in [-0.25, -0.2) is 9.59 Å². The molecule has 142 valence electrons. The number of hydrogen-bond donors (Lipinski definition) is 2. The maximum Gasteiger partial charge on any atom is 0.330 e. The molecule has 0 saturated carbocycles. The number of nitrogens with zero attached hydrogens (tertiary/aromatic N) is 1. The lowest BCUT2D eigenvalue weighted by Gasteiger charge is -2.23. The van der Waals surface area contributed by atoms with Gasteiger partial charge < -0.3 is 15.4 Å². The topological polar surface area (TPSA) is 105 Å². The molecule has 0 fully saturated rings. The lowest BCUT2D eigenvalue weighted by molar-refractivity contribution is -0.137. The fourth-order valence-electron chi connectivity index (χ4n) is 1.70. The molecule has 0 rings (SSSR count). The van der Waals surface area contributed by atoms with Gasteiger partial charge in [0, 0.05) is 31.5 Å². The molecule has 0 spiro atoms. The molecule has 0 heterocycles. The van der Waals surface area contributed by atoms with Crippen LogP contribution in [-0.4, -0.2) is 55.0 Å². The van der Waals surface area contributed by atoms with Crippen LogP contribution < -0.4 is 10.6 Å². The molecule has 0 atom stereocenters. The number of urea groups is 1. The van der Waals surface area contributed by atoms with E-state index >= 15 is 0 Å². The molecule has 0 saturated heterocycles. The van der Waals surface area contributed by atoms with Crippen LogP contribution in [0.15, 0.2) is 12.7 Å². The Kier molecular flexibility index (Phi) is 10.2. The highest BCUT2D eigenvalue weighted by Gasteiger charge is 2.24. The van der Waals surface area contributed by atoms with Crippen LogP contribution in [0.3, 0.4) is 0 Å². The lowest BCUT2D eigenvalue weighted by atomic mass is 9.89. The third-order valence-electron chi connectivity index (χ3n) is 3.76. The summed E-state index contributed by atoms with van der Waals surface area (Å²) in [7, 11) is 0. The molecule has 0 aromatic heterocycles. The maximum atomic E-state index is 12.0. The number of carbonyl (C=O) groups is 4. The average Bonchev–Trinajstić information content (AvgIpc) is 2.57. The van der Waals surface area contributed by atoms with Crippen molar-refractivity contribution in [2.75, 3.05) is 26.2 Å². The van der Waals surface area contributed by atoms with Crippen LogP contribution in [-0.2, 0) is 19.1 Å². The smallest absolute Gasteiger partial charge is 0.330 e. The molecule has 0 aliphatic carbocycles. The van der Waals surface area contributed by atoms with Gasteiger partial charge in [0.2, 0.25) is 11.8 Å². The second kappa shape index (κ2) is 11.2. The van der Waals surface area contributed by atoms with Crippen LogP contribution in [0.1, 0.15) is 40.5 Å². The fraction of sp³-hybridized carbons (Fsp3) is 0.647. The number of imide groups is 1. The summed E-state index contributed by atoms with van der Waals surface area (Å²) in [5, 5.41) is 5.30. The molecule has 2 N–H and O–H groups in total. The zero-order valence-corrected chi connectivity index (χ0v) is 15.5. The zero-order valence-electron chi connectivity index (χ0n) is 15.5. The van der Waals surface area contributed by atoms with Gasteiger partial charge in [-0.1, -0.05) is 27.4 Å². The van der Waals surface area contributed by atoms with Crippen molar-refractivity contribution in [1.82, 2.24) is 15.5 Å². The molecular formula is C17H29N3O5. The molecule has 0 aromatic carbocycles. The number of carbonyl (C=O) groups excluding carboxylic acids is 4. The van der Waals surface area contributed by atoms with Crippen molar-refractivity contribution in [3.63, 3.8) is 0 Å². The predicted molar refractivity (Wildman–Crippen MR) is 93.6 cm³/mol. The van der Waals surface area contributed by atoms with Gasteiger partial charge in [0.25, 0.3) is 0 Å². The van der Waals surface area contributed by atoms with E-state index in [1.807, 2.05) is 20.8 Å². The summed E-state index contributed by atoms with van der Waals surface area (Å²) in [6.45, 7) is 10.8. The summed E-state index contributed by atoms with van der Waals surface area (Å²) in [6, 6.07) is -0.567. The minimum absolute atomic E-state index is 0.00943. The van der Waals surface area contributed by atoms with E-state index < -0.39 is 23.3 Å². The first-order valence-corrected chi connectivity index (χ1v) is 8.29. The Balaban J connectivity index is 4.23. The number of ether oxygens (including phenoxy) is 1. The second-order valence-electron chi connectivity index (χ2n) is 6.12. The van der Waals surface area contributed by atoms with Crippen LogP contribution in [0.2, 0.25) is 0 Å². The highest BCUT2D eigenvalue weighted by molar-refractivity contribution is 5.93. The predicted octanol–water partition coefficient (Wildman–Crippen LogP) is 1.22. The van der Waals surface area contributed by atoms with Crippen LogP contribution in [0.25, 0.3) is 0 Å². The number of amides is 4. The van der Waals surface area contributed by atoms with E-state index in [9.17, 15) is 19.2 Å². The van der Waals surface area contributed by atoms with Crippen LogP contribution in [0, 0.1) is 5.41 Å². The Bertz CT molecular complexity index is 503. The Morgan fingerprint density at radius 3 is 2.32 bits per heavy atom. The molecular weight excluding hydrogens is 326 g/mol. The first kappa shape index (κ1) is 22.6. The van der Waals surface area contributed by atoms with Crippen molar-refractivity contribution in [3.8, 4) is 0 Å². The zero-order chi connectivity index (χ0) is 19.5. The number of nitrogens with one attached hydrogen (secondary N) is 2. The van der Waals surface area contributed by atoms with E-state index in [-0.39, 0.29) is 25.6 Å². The quantitative estimate of drug-likeness (QED) is 0.348. The Morgan fingerprint density at radius 1 is 1.16 bits per heavy atom. The largest absolute Gasteiger partial charge is 0.461 e. The van der Waals surface area contributed by atoms with Gasteiger partial charge in [-0.3, -0.25) is 14.5 Å². The van der Waals surface area contributed by atoms with E-state index in [2.05, 4.69) is 17.2 Å². The van der Waals surface area contributed by atoms with Crippen LogP contribution >= 0.6 is 0 Å². The van der Waals surface area contributed by atoms with Crippen molar-refractivity contribution < 1.29 is 23.9 Å². The van der Waals surface area contributed by atoms with Gasteiger partial charge in [-0.05, 0) is 12.8 Å². The molecule has 0 aliphatic heterocycles. The Morgan fingerprint density at radius 2 is 1.80 bits per heavy atom. The molecule has 0 aromatic rings. The molecule has 8 nitrogen and oxygen atoms in total. The molecule has 25 heavy (non-hydrogen) atoms. The van der Waals surface area contributed by atoms with Gasteiger partial charge in [-0.2, -0.15) is 0 Å². The van der Waals surface area contributed by atoms with Crippen LogP contribution in [0.4, 0.5) is 4.79 Å². The molecule has 0 unspecified atom stereocenters. The minimum atomic E-state index is -0.580. The second-order valence-corrected chi connectivity index (χ2v) is 6.12. The SMILES string of the molecule is C=CC(=O)OCCNC(=O)N(CCCNC(=O)C(C)(C)CC)C(C)=O. The first-order valence-electron chi connectivity index (χ1n) is 8.29. The van der Waals surface area contributed by atoms with E-state index in [4.69, 9.17) is 4.74 Å². The summed E-state index contributed by atoms with van der Waals surface area (Å²) in [5.41, 5.74) is -0.444. The third-order valence-corrected chi connectivity index (χ3v) is 3.76. The lowest BCUT2D eigenvalue weighted by Crippen LogP contribution is -2.45. The third kappa shape index (κ3) is 8.88. The summed E-state index contributed by atoms with van der Waals surface area (Å²) in [4.78, 5) is 47.4. The molecule has 0 aliphatic rings. The van der Waals surface area contributed by atoms with Crippen molar-refractivity contribution in [2.45, 2.75) is 40.5 Å². The fourth-order valence-corrected chi connectivity index (χ4v) is 1.70. The highest BCUT2D eigenvalue weighted by atomic mass is 16.5. The van der Waals surface area contributed by atoms with Gasteiger partial charge >= 0.3 is 12.0 Å². The Hall–Kier alpha value is -2.38. The van der Waals surface area contributed by atoms with E-state index in [1.54, 1.807) is 0 Å². The van der Waals surface area contributed by atoms with E-state index in [0.29, 0.717) is 13.0 Å². The molecule has 0 radical (unpaired) electrons. The van der Waals surface area contributed by atoms with Crippen molar-refractivity contribution in [3.05, 3.63) is 12.7 Å². The Labute approximate surface area is 149 Å². The normalized spacial score (nSPS) is 10.6. The molecule has 4 amide bonds. The van der Waals surface area contributed by atoms with E-state index in [1.165, 1.54) is 6.92 Å². The molecule has 8 heteroatoms. The summed E-state index contributed by atoms with van der Waals surface area (Å²) in [6.07, 6.45) is 2.19. The van der Waals surface area contributed by atoms with Crippen LogP contribution in [0.5, 0.6) is 0 Å². The number of rotatable bonds is 10. The highest BCUT2D eigenvalue weighted by Crippen LogP contribution is 2.19. The first-order chi connectivity index (χ1) is 11.7. The van der Waals surface area contributed by atoms with Crippen molar-refractivity contribution in [2.24, 2.45) is 5.41 Å². The summed E-state index contributed by atoms with van der Waals surface area (Å²) < 4.78 is 4.73.